The Morgan fingerprint density at radius 2 is 1.85 bits per heavy atom. The molecule has 1 fully saturated rings. The second-order valence-corrected chi connectivity index (χ2v) is 4.48. The number of anilines is 1. The highest BCUT2D eigenvalue weighted by atomic mass is 19.1. The number of nitrogens with one attached hydrogen (secondary N) is 1. The summed E-state index contributed by atoms with van der Waals surface area (Å²) in [5.74, 6) is -2.98. The van der Waals surface area contributed by atoms with E-state index in [0.29, 0.717) is 6.07 Å². The molecule has 1 aliphatic rings. The lowest BCUT2D eigenvalue weighted by Gasteiger charge is -2.21. The molecule has 1 aromatic rings. The molecule has 108 valence electrons. The molecule has 2 atom stereocenters. The van der Waals surface area contributed by atoms with E-state index in [0.717, 1.165) is 17.0 Å². The molecular formula is C12H12F2N2O4. The van der Waals surface area contributed by atoms with E-state index < -0.39 is 35.8 Å². The first-order valence-corrected chi connectivity index (χ1v) is 5.81. The number of aliphatic hydroxyl groups excluding tert-OH is 1. The number of nitrogens with zero attached hydrogens (tertiary/aromatic N) is 1. The van der Waals surface area contributed by atoms with Crippen LogP contribution in [0.3, 0.4) is 0 Å². The minimum absolute atomic E-state index is 0.0831. The van der Waals surface area contributed by atoms with Gasteiger partial charge in [-0.15, -0.1) is 0 Å². The number of carbonyl (C=O) groups is 2. The Balaban J connectivity index is 2.13. The largest absolute Gasteiger partial charge is 0.480 e. The van der Waals surface area contributed by atoms with Crippen molar-refractivity contribution in [2.75, 3.05) is 11.9 Å². The Kier molecular flexibility index (Phi) is 3.84. The lowest BCUT2D eigenvalue weighted by atomic mass is 10.2. The summed E-state index contributed by atoms with van der Waals surface area (Å²) in [6.45, 7) is -0.152. The summed E-state index contributed by atoms with van der Waals surface area (Å²) < 4.78 is 26.0. The van der Waals surface area contributed by atoms with E-state index in [1.807, 2.05) is 0 Å². The van der Waals surface area contributed by atoms with Gasteiger partial charge in [-0.1, -0.05) is 0 Å². The molecule has 1 saturated heterocycles. The van der Waals surface area contributed by atoms with Crippen molar-refractivity contribution in [1.29, 1.82) is 0 Å². The van der Waals surface area contributed by atoms with E-state index in [1.165, 1.54) is 0 Å². The zero-order valence-corrected chi connectivity index (χ0v) is 10.2. The molecule has 1 aliphatic heterocycles. The molecule has 0 spiro atoms. The highest BCUT2D eigenvalue weighted by Crippen LogP contribution is 2.20. The first kappa shape index (κ1) is 14.2. The van der Waals surface area contributed by atoms with Crippen molar-refractivity contribution in [3.8, 4) is 0 Å². The summed E-state index contributed by atoms with van der Waals surface area (Å²) in [5.41, 5.74) is -0.127. The van der Waals surface area contributed by atoms with Crippen LogP contribution in [-0.2, 0) is 4.79 Å². The van der Waals surface area contributed by atoms with Crippen LogP contribution in [0.5, 0.6) is 0 Å². The quantitative estimate of drug-likeness (QED) is 0.757. The molecule has 0 aromatic heterocycles. The highest BCUT2D eigenvalue weighted by Gasteiger charge is 2.39. The molecule has 6 nitrogen and oxygen atoms in total. The number of carbonyl (C=O) groups excluding carboxylic acids is 1. The summed E-state index contributed by atoms with van der Waals surface area (Å²) in [7, 11) is 0. The Morgan fingerprint density at radius 3 is 2.40 bits per heavy atom. The molecular weight excluding hydrogens is 274 g/mol. The average Bonchev–Trinajstić information content (AvgIpc) is 2.70. The first-order chi connectivity index (χ1) is 9.36. The number of carboxylic acids is 1. The molecule has 0 bridgehead atoms. The van der Waals surface area contributed by atoms with Gasteiger partial charge < -0.3 is 20.4 Å². The summed E-state index contributed by atoms with van der Waals surface area (Å²) in [4.78, 5) is 23.8. The van der Waals surface area contributed by atoms with E-state index in [4.69, 9.17) is 5.11 Å². The fourth-order valence-electron chi connectivity index (χ4n) is 2.09. The Hall–Kier alpha value is -2.22. The van der Waals surface area contributed by atoms with Crippen LogP contribution in [0.25, 0.3) is 0 Å². The average molecular weight is 286 g/mol. The minimum atomic E-state index is -1.25. The van der Waals surface area contributed by atoms with Gasteiger partial charge in [0.25, 0.3) is 0 Å². The van der Waals surface area contributed by atoms with E-state index >= 15 is 0 Å². The number of benzene rings is 1. The number of aliphatic hydroxyl groups is 1. The zero-order chi connectivity index (χ0) is 14.9. The van der Waals surface area contributed by atoms with Gasteiger partial charge in [0.1, 0.15) is 17.7 Å². The number of β-amino-alcohol motifs (C(OH)–C–C–N with tert-alkyl or cyclic N) is 1. The number of aliphatic carboxylic acids is 1. The monoisotopic (exact) mass is 286 g/mol. The lowest BCUT2D eigenvalue weighted by molar-refractivity contribution is -0.141. The summed E-state index contributed by atoms with van der Waals surface area (Å²) in [5, 5.41) is 20.6. The first-order valence-electron chi connectivity index (χ1n) is 5.81. The Labute approximate surface area is 112 Å². The van der Waals surface area contributed by atoms with Crippen LogP contribution >= 0.6 is 0 Å². The second kappa shape index (κ2) is 5.41. The summed E-state index contributed by atoms with van der Waals surface area (Å²) in [6, 6.07) is 0.462. The minimum Gasteiger partial charge on any atom is -0.480 e. The molecule has 1 aromatic carbocycles. The van der Waals surface area contributed by atoms with E-state index in [1.54, 1.807) is 0 Å². The Bertz CT molecular complexity index is 532. The lowest BCUT2D eigenvalue weighted by Crippen LogP contribution is -2.43. The third-order valence-electron chi connectivity index (χ3n) is 2.94. The summed E-state index contributed by atoms with van der Waals surface area (Å²) >= 11 is 0. The molecule has 3 N–H and O–H groups in total. The third kappa shape index (κ3) is 3.02. The van der Waals surface area contributed by atoms with Crippen LogP contribution in [-0.4, -0.2) is 45.8 Å². The van der Waals surface area contributed by atoms with Crippen molar-refractivity contribution < 1.29 is 28.6 Å². The number of urea groups is 1. The van der Waals surface area contributed by atoms with Crippen LogP contribution in [0.15, 0.2) is 18.2 Å². The maximum absolute atomic E-state index is 13.0. The predicted molar refractivity (Wildman–Crippen MR) is 64.1 cm³/mol. The van der Waals surface area contributed by atoms with Crippen molar-refractivity contribution in [2.24, 2.45) is 0 Å². The van der Waals surface area contributed by atoms with E-state index in [-0.39, 0.29) is 18.7 Å². The van der Waals surface area contributed by atoms with Gasteiger partial charge >= 0.3 is 12.0 Å². The molecule has 8 heteroatoms. The van der Waals surface area contributed by atoms with Crippen LogP contribution in [0, 0.1) is 11.6 Å². The van der Waals surface area contributed by atoms with Crippen LogP contribution in [0.1, 0.15) is 6.42 Å². The van der Waals surface area contributed by atoms with E-state index in [2.05, 4.69) is 5.32 Å². The number of hydrogen-bond donors (Lipinski definition) is 3. The number of carboxylic acid groups (broad SMARTS) is 1. The maximum Gasteiger partial charge on any atom is 0.326 e. The number of rotatable bonds is 2. The van der Waals surface area contributed by atoms with Crippen LogP contribution in [0.2, 0.25) is 0 Å². The van der Waals surface area contributed by atoms with Gasteiger partial charge in [0.15, 0.2) is 0 Å². The molecule has 20 heavy (non-hydrogen) atoms. The Morgan fingerprint density at radius 1 is 1.25 bits per heavy atom. The van der Waals surface area contributed by atoms with Gasteiger partial charge in [-0.3, -0.25) is 0 Å². The van der Waals surface area contributed by atoms with Gasteiger partial charge in [0.05, 0.1) is 6.10 Å². The normalized spacial score (nSPS) is 21.9. The zero-order valence-electron chi connectivity index (χ0n) is 10.2. The van der Waals surface area contributed by atoms with Gasteiger partial charge in [-0.05, 0) is 12.1 Å². The molecule has 0 aliphatic carbocycles. The molecule has 1 heterocycles. The topological polar surface area (TPSA) is 89.9 Å². The maximum atomic E-state index is 13.0. The molecule has 0 saturated carbocycles. The van der Waals surface area contributed by atoms with Gasteiger partial charge in [0.2, 0.25) is 0 Å². The van der Waals surface area contributed by atoms with Gasteiger partial charge in [-0.25, -0.2) is 18.4 Å². The second-order valence-electron chi connectivity index (χ2n) is 4.48. The van der Waals surface area contributed by atoms with Crippen molar-refractivity contribution in [2.45, 2.75) is 18.6 Å². The fraction of sp³-hybridized carbons (Fsp3) is 0.333. The third-order valence-corrected chi connectivity index (χ3v) is 2.94. The van der Waals surface area contributed by atoms with Crippen molar-refractivity contribution >= 4 is 17.7 Å². The van der Waals surface area contributed by atoms with Crippen molar-refractivity contribution in [1.82, 2.24) is 4.90 Å². The standard InChI is InChI=1S/C12H12F2N2O4/c13-6-1-7(14)3-8(2-6)15-12(20)16-5-9(17)4-10(16)11(18)19/h1-3,9-10,17H,4-5H2,(H,15,20)(H,18,19). The predicted octanol–water partition coefficient (Wildman–Crippen LogP) is 1.02. The number of likely N-dealkylation sites (tertiary alicyclic amines) is 1. The van der Waals surface area contributed by atoms with Crippen molar-refractivity contribution in [3.63, 3.8) is 0 Å². The molecule has 2 rings (SSSR count). The number of amides is 2. The van der Waals surface area contributed by atoms with Crippen LogP contribution in [0.4, 0.5) is 19.3 Å². The SMILES string of the molecule is O=C(O)C1CC(O)CN1C(=O)Nc1cc(F)cc(F)c1. The fourth-order valence-corrected chi connectivity index (χ4v) is 2.09. The van der Waals surface area contributed by atoms with Gasteiger partial charge in [-0.2, -0.15) is 0 Å². The highest BCUT2D eigenvalue weighted by molar-refractivity contribution is 5.92. The molecule has 0 radical (unpaired) electrons. The molecule has 2 amide bonds. The smallest absolute Gasteiger partial charge is 0.326 e. The molecule has 2 unspecified atom stereocenters. The number of hydrogen-bond acceptors (Lipinski definition) is 3. The summed E-state index contributed by atoms with van der Waals surface area (Å²) in [6.07, 6.45) is -1.02. The van der Waals surface area contributed by atoms with Crippen LogP contribution < -0.4 is 5.32 Å². The number of halogens is 2. The van der Waals surface area contributed by atoms with E-state index in [9.17, 15) is 23.5 Å². The van der Waals surface area contributed by atoms with Gasteiger partial charge in [0, 0.05) is 24.7 Å². The van der Waals surface area contributed by atoms with Crippen molar-refractivity contribution in [3.05, 3.63) is 29.8 Å².